The van der Waals surface area contributed by atoms with E-state index < -0.39 is 30.0 Å². The van der Waals surface area contributed by atoms with Crippen LogP contribution in [0.2, 0.25) is 0 Å². The van der Waals surface area contributed by atoms with E-state index in [1.165, 1.54) is 0 Å². The maximum Gasteiger partial charge on any atom is 0.497 e. The Labute approximate surface area is 204 Å². The van der Waals surface area contributed by atoms with Crippen LogP contribution < -0.4 is 11.2 Å². The third-order valence-corrected chi connectivity index (χ3v) is 8.22. The first-order valence-electron chi connectivity index (χ1n) is 12.3. The smallest absolute Gasteiger partial charge is 0.399 e. The van der Waals surface area contributed by atoms with E-state index >= 15 is 4.39 Å². The molecule has 8 nitrogen and oxygen atoms in total. The van der Waals surface area contributed by atoms with Gasteiger partial charge in [0.1, 0.15) is 17.0 Å². The molecule has 2 aliphatic rings. The Morgan fingerprint density at radius 3 is 2.46 bits per heavy atom. The maximum absolute atomic E-state index is 15.8. The molecule has 10 heteroatoms. The standard InChI is InChI=1S/C25H33BFN5O3/c1-13-6-8-14(9-7-13)18(15-12-29-32-20(15)22(28)33)23-30-17-11-10-16(19(27)21(17)31-23)26-34-24(2,3)25(4,5)35-26/h10-14,18H,6-9H2,1-5H3,(H2,28,33)(H,29,32)(H,30,31)/t13?,14?,18-/m0/s1. The van der Waals surface area contributed by atoms with Gasteiger partial charge in [-0.25, -0.2) is 9.37 Å². The van der Waals surface area contributed by atoms with Gasteiger partial charge in [-0.1, -0.05) is 25.8 Å². The fourth-order valence-corrected chi connectivity index (χ4v) is 5.35. The van der Waals surface area contributed by atoms with Gasteiger partial charge < -0.3 is 20.0 Å². The van der Waals surface area contributed by atoms with Crippen LogP contribution in [0.1, 0.15) is 88.1 Å². The van der Waals surface area contributed by atoms with E-state index in [0.29, 0.717) is 28.3 Å². The molecule has 1 aliphatic carbocycles. The van der Waals surface area contributed by atoms with Crippen molar-refractivity contribution in [2.45, 2.75) is 77.4 Å². The van der Waals surface area contributed by atoms with Crippen LogP contribution in [0.4, 0.5) is 4.39 Å². The van der Waals surface area contributed by atoms with Crippen LogP contribution in [-0.2, 0) is 9.31 Å². The Bertz CT molecular complexity index is 1250. The lowest BCUT2D eigenvalue weighted by molar-refractivity contribution is 0.00578. The van der Waals surface area contributed by atoms with Crippen LogP contribution in [0.25, 0.3) is 11.0 Å². The molecule has 0 bridgehead atoms. The van der Waals surface area contributed by atoms with E-state index in [2.05, 4.69) is 22.1 Å². The van der Waals surface area contributed by atoms with E-state index in [9.17, 15) is 4.79 Å². The topological polar surface area (TPSA) is 119 Å². The summed E-state index contributed by atoms with van der Waals surface area (Å²) >= 11 is 0. The van der Waals surface area contributed by atoms with E-state index in [1.807, 2.05) is 27.7 Å². The van der Waals surface area contributed by atoms with Crippen molar-refractivity contribution in [2.75, 3.05) is 0 Å². The molecule has 1 aliphatic heterocycles. The number of halogens is 1. The van der Waals surface area contributed by atoms with Gasteiger partial charge in [0.05, 0.1) is 22.9 Å². The summed E-state index contributed by atoms with van der Waals surface area (Å²) in [7, 11) is -0.824. The van der Waals surface area contributed by atoms with Crippen LogP contribution >= 0.6 is 0 Å². The van der Waals surface area contributed by atoms with Crippen LogP contribution in [0, 0.1) is 17.7 Å². The summed E-state index contributed by atoms with van der Waals surface area (Å²) < 4.78 is 28.0. The first kappa shape index (κ1) is 24.0. The summed E-state index contributed by atoms with van der Waals surface area (Å²) in [4.78, 5) is 20.2. The molecule has 2 aromatic heterocycles. The van der Waals surface area contributed by atoms with Gasteiger partial charge in [-0.3, -0.25) is 9.89 Å². The molecule has 1 saturated heterocycles. The third kappa shape index (κ3) is 4.06. The molecule has 1 amide bonds. The number of nitrogens with zero attached hydrogens (tertiary/aromatic N) is 2. The van der Waals surface area contributed by atoms with Gasteiger partial charge in [0.2, 0.25) is 0 Å². The molecular formula is C25H33BFN5O3. The summed E-state index contributed by atoms with van der Waals surface area (Å²) in [6, 6.07) is 3.49. The second kappa shape index (κ2) is 8.45. The molecule has 3 heterocycles. The van der Waals surface area contributed by atoms with Gasteiger partial charge in [-0.2, -0.15) is 5.10 Å². The van der Waals surface area contributed by atoms with Crippen LogP contribution in [0.5, 0.6) is 0 Å². The Kier molecular flexibility index (Phi) is 5.79. The van der Waals surface area contributed by atoms with Gasteiger partial charge in [-0.15, -0.1) is 0 Å². The van der Waals surface area contributed by atoms with E-state index in [0.717, 1.165) is 25.7 Å². The lowest BCUT2D eigenvalue weighted by Crippen LogP contribution is -2.41. The zero-order valence-electron chi connectivity index (χ0n) is 20.9. The number of amides is 1. The van der Waals surface area contributed by atoms with Crippen LogP contribution in [-0.4, -0.2) is 44.4 Å². The fourth-order valence-electron chi connectivity index (χ4n) is 5.35. The van der Waals surface area contributed by atoms with Gasteiger partial charge in [0.25, 0.3) is 5.91 Å². The Morgan fingerprint density at radius 1 is 1.17 bits per heavy atom. The van der Waals surface area contributed by atoms with E-state index in [-0.39, 0.29) is 23.0 Å². The SMILES string of the molecule is CC1CCC([C@H](c2nc3c(F)c(B4OC(C)(C)C(C)(C)O4)ccc3[nH]2)c2cn[nH]c2C(N)=O)CC1. The number of nitrogens with one attached hydrogen (secondary N) is 2. The van der Waals surface area contributed by atoms with E-state index in [1.54, 1.807) is 18.3 Å². The van der Waals surface area contributed by atoms with Crippen molar-refractivity contribution >= 4 is 29.5 Å². The minimum Gasteiger partial charge on any atom is -0.399 e. The Balaban J connectivity index is 1.57. The van der Waals surface area contributed by atoms with E-state index in [4.69, 9.17) is 20.0 Å². The summed E-state index contributed by atoms with van der Waals surface area (Å²) in [5.41, 5.74) is 6.57. The number of imidazole rings is 1. The quantitative estimate of drug-likeness (QED) is 0.480. The molecule has 35 heavy (non-hydrogen) atoms. The molecule has 4 N–H and O–H groups in total. The fraction of sp³-hybridized carbons (Fsp3) is 0.560. The second-order valence-corrected chi connectivity index (χ2v) is 11.1. The number of hydrogen-bond acceptors (Lipinski definition) is 5. The van der Waals surface area contributed by atoms with Crippen molar-refractivity contribution in [1.82, 2.24) is 20.2 Å². The van der Waals surface area contributed by atoms with Crippen LogP contribution in [0.15, 0.2) is 18.3 Å². The van der Waals surface area contributed by atoms with Crippen molar-refractivity contribution in [2.24, 2.45) is 17.6 Å². The first-order valence-corrected chi connectivity index (χ1v) is 12.3. The Hall–Kier alpha value is -2.72. The highest BCUT2D eigenvalue weighted by atomic mass is 19.1. The molecule has 1 atom stereocenters. The van der Waals surface area contributed by atoms with Crippen molar-refractivity contribution in [1.29, 1.82) is 0 Å². The van der Waals surface area contributed by atoms with Gasteiger partial charge >= 0.3 is 7.12 Å². The van der Waals surface area contributed by atoms with Gasteiger partial charge in [0.15, 0.2) is 5.82 Å². The molecule has 186 valence electrons. The molecule has 2 fully saturated rings. The molecule has 0 unspecified atom stereocenters. The molecule has 3 aromatic rings. The number of benzene rings is 1. The minimum absolute atomic E-state index is 0.227. The van der Waals surface area contributed by atoms with Crippen molar-refractivity contribution in [3.8, 4) is 0 Å². The first-order chi connectivity index (χ1) is 16.5. The highest BCUT2D eigenvalue weighted by Crippen LogP contribution is 2.42. The Morgan fingerprint density at radius 2 is 1.83 bits per heavy atom. The maximum atomic E-state index is 15.8. The average molecular weight is 481 g/mol. The van der Waals surface area contributed by atoms with Gasteiger partial charge in [-0.05, 0) is 58.4 Å². The molecule has 1 saturated carbocycles. The number of aromatic amines is 2. The molecule has 0 radical (unpaired) electrons. The highest BCUT2D eigenvalue weighted by molar-refractivity contribution is 6.62. The zero-order chi connectivity index (χ0) is 25.1. The summed E-state index contributed by atoms with van der Waals surface area (Å²) in [6.45, 7) is 10.0. The van der Waals surface area contributed by atoms with Crippen LogP contribution in [0.3, 0.4) is 0 Å². The molecular weight excluding hydrogens is 448 g/mol. The zero-order valence-corrected chi connectivity index (χ0v) is 20.9. The number of primary amides is 1. The number of carbonyl (C=O) groups excluding carboxylic acids is 1. The lowest BCUT2D eigenvalue weighted by Gasteiger charge is -2.32. The van der Waals surface area contributed by atoms with Crippen molar-refractivity contribution < 1.29 is 18.5 Å². The lowest BCUT2D eigenvalue weighted by atomic mass is 9.73. The average Bonchev–Trinajstić information content (AvgIpc) is 3.47. The van der Waals surface area contributed by atoms with Crippen molar-refractivity contribution in [3.63, 3.8) is 0 Å². The summed E-state index contributed by atoms with van der Waals surface area (Å²) in [5.74, 6) is 0.193. The number of nitrogens with two attached hydrogens (primary N) is 1. The summed E-state index contributed by atoms with van der Waals surface area (Å²) in [6.07, 6.45) is 5.78. The van der Waals surface area contributed by atoms with Crippen molar-refractivity contribution in [3.05, 3.63) is 41.2 Å². The number of fused-ring (bicyclic) bond motifs is 1. The predicted molar refractivity (Wildman–Crippen MR) is 132 cm³/mol. The third-order valence-electron chi connectivity index (χ3n) is 8.22. The molecule has 0 spiro atoms. The minimum atomic E-state index is -0.824. The second-order valence-electron chi connectivity index (χ2n) is 11.1. The number of carbonyl (C=O) groups is 1. The summed E-state index contributed by atoms with van der Waals surface area (Å²) in [5, 5.41) is 6.83. The normalized spacial score (nSPS) is 24.7. The number of H-pyrrole nitrogens is 2. The molecule has 1 aromatic carbocycles. The molecule has 5 rings (SSSR count). The number of rotatable bonds is 5. The van der Waals surface area contributed by atoms with Gasteiger partial charge in [0, 0.05) is 16.9 Å². The monoisotopic (exact) mass is 481 g/mol. The number of hydrogen-bond donors (Lipinski definition) is 3. The highest BCUT2D eigenvalue weighted by Gasteiger charge is 2.52. The largest absolute Gasteiger partial charge is 0.497 e. The predicted octanol–water partition coefficient (Wildman–Crippen LogP) is 3.78. The number of aromatic nitrogens is 4.